The third-order valence-corrected chi connectivity index (χ3v) is 1.36. The highest BCUT2D eigenvalue weighted by Crippen LogP contribution is 2.17. The van der Waals surface area contributed by atoms with Crippen LogP contribution in [-0.4, -0.2) is 5.48 Å². The Morgan fingerprint density at radius 2 is 1.80 bits per heavy atom. The van der Waals surface area contributed by atoms with E-state index in [4.69, 9.17) is 11.5 Å². The van der Waals surface area contributed by atoms with Crippen LogP contribution < -0.4 is 11.5 Å². The summed E-state index contributed by atoms with van der Waals surface area (Å²) in [5.41, 5.74) is 13.4. The van der Waals surface area contributed by atoms with Crippen LogP contribution in [0.5, 0.6) is 0 Å². The minimum absolute atomic E-state index is 0. The van der Waals surface area contributed by atoms with Gasteiger partial charge in [0.1, 0.15) is 0 Å². The van der Waals surface area contributed by atoms with Crippen LogP contribution in [0, 0.1) is 6.92 Å². The van der Waals surface area contributed by atoms with Crippen LogP contribution in [-0.2, 0) is 0 Å². The molecule has 0 saturated carbocycles. The van der Waals surface area contributed by atoms with E-state index >= 15 is 0 Å². The van der Waals surface area contributed by atoms with Gasteiger partial charge in [-0.3, -0.25) is 0 Å². The molecule has 3 nitrogen and oxygen atoms in total. The van der Waals surface area contributed by atoms with Gasteiger partial charge in [0.15, 0.2) is 0 Å². The first-order valence-corrected chi connectivity index (χ1v) is 2.82. The maximum absolute atomic E-state index is 5.56. The lowest BCUT2D eigenvalue weighted by Gasteiger charge is -2.00. The van der Waals surface area contributed by atoms with Crippen LogP contribution >= 0.6 is 0 Å². The second kappa shape index (κ2) is 3.08. The number of hydrogen-bond acceptors (Lipinski definition) is 2. The van der Waals surface area contributed by atoms with Crippen molar-refractivity contribution in [2.24, 2.45) is 0 Å². The monoisotopic (exact) mass is 140 g/mol. The molecule has 0 spiro atoms. The number of para-hydroxylation sites is 1. The van der Waals surface area contributed by atoms with E-state index < -0.39 is 0 Å². The van der Waals surface area contributed by atoms with Crippen LogP contribution in [0.2, 0.25) is 0 Å². The average molecular weight is 140 g/mol. The zero-order valence-corrected chi connectivity index (χ0v) is 5.89. The number of hydrogen-bond donors (Lipinski definition) is 2. The van der Waals surface area contributed by atoms with E-state index in [9.17, 15) is 0 Å². The topological polar surface area (TPSA) is 83.5 Å². The fraction of sp³-hybridized carbons (Fsp3) is 0.143. The van der Waals surface area contributed by atoms with Gasteiger partial charge < -0.3 is 16.9 Å². The second-order valence-electron chi connectivity index (χ2n) is 2.08. The van der Waals surface area contributed by atoms with E-state index in [2.05, 4.69) is 0 Å². The number of benzene rings is 1. The molecule has 0 aromatic heterocycles. The Kier molecular flexibility index (Phi) is 2.70. The molecule has 0 unspecified atom stereocenters. The molecule has 10 heavy (non-hydrogen) atoms. The summed E-state index contributed by atoms with van der Waals surface area (Å²) in [6.45, 7) is 1.94. The number of rotatable bonds is 0. The fourth-order valence-corrected chi connectivity index (χ4v) is 0.703. The van der Waals surface area contributed by atoms with E-state index in [1.165, 1.54) is 0 Å². The summed E-state index contributed by atoms with van der Waals surface area (Å²) in [7, 11) is 0. The van der Waals surface area contributed by atoms with Gasteiger partial charge in [-0.15, -0.1) is 0 Å². The highest BCUT2D eigenvalue weighted by molar-refractivity contribution is 5.66. The number of aryl methyl sites for hydroxylation is 1. The van der Waals surface area contributed by atoms with Gasteiger partial charge in [0.25, 0.3) is 0 Å². The average Bonchev–Trinajstić information content (AvgIpc) is 1.83. The molecule has 6 N–H and O–H groups in total. The molecular formula is C7H12N2O. The number of nitrogens with two attached hydrogens (primary N) is 2. The van der Waals surface area contributed by atoms with Crippen molar-refractivity contribution in [3.05, 3.63) is 23.8 Å². The molecule has 0 amide bonds. The Balaban J connectivity index is 0.000000810. The van der Waals surface area contributed by atoms with E-state index in [1.54, 1.807) is 6.07 Å². The van der Waals surface area contributed by atoms with Gasteiger partial charge in [0, 0.05) is 0 Å². The van der Waals surface area contributed by atoms with Crippen molar-refractivity contribution in [2.45, 2.75) is 6.92 Å². The van der Waals surface area contributed by atoms with Crippen LogP contribution in [0.3, 0.4) is 0 Å². The van der Waals surface area contributed by atoms with Crippen LogP contribution in [0.25, 0.3) is 0 Å². The standard InChI is InChI=1S/C7H10N2.H2O/c1-5-3-2-4-6(8)7(5)9;/h2-4H,8-9H2,1H3;1H2. The van der Waals surface area contributed by atoms with Crippen LogP contribution in [0.4, 0.5) is 11.4 Å². The Labute approximate surface area is 60.0 Å². The largest absolute Gasteiger partial charge is 0.412 e. The van der Waals surface area contributed by atoms with Crippen molar-refractivity contribution in [1.29, 1.82) is 0 Å². The van der Waals surface area contributed by atoms with Crippen molar-refractivity contribution in [3.8, 4) is 0 Å². The minimum Gasteiger partial charge on any atom is -0.412 e. The maximum atomic E-state index is 5.56. The first kappa shape index (κ1) is 8.78. The molecule has 3 heteroatoms. The molecule has 0 aliphatic heterocycles. The minimum atomic E-state index is 0. The lowest BCUT2D eigenvalue weighted by Crippen LogP contribution is -1.95. The molecule has 0 fully saturated rings. The van der Waals surface area contributed by atoms with Crippen molar-refractivity contribution >= 4 is 11.4 Å². The normalized spacial score (nSPS) is 8.50. The second-order valence-corrected chi connectivity index (χ2v) is 2.08. The van der Waals surface area contributed by atoms with Gasteiger partial charge >= 0.3 is 0 Å². The highest BCUT2D eigenvalue weighted by atomic mass is 16.0. The Morgan fingerprint density at radius 1 is 1.20 bits per heavy atom. The Morgan fingerprint density at radius 3 is 2.20 bits per heavy atom. The van der Waals surface area contributed by atoms with Crippen molar-refractivity contribution in [3.63, 3.8) is 0 Å². The summed E-state index contributed by atoms with van der Waals surface area (Å²) in [6.07, 6.45) is 0. The molecule has 1 aromatic carbocycles. The number of nitrogen functional groups attached to an aromatic ring is 2. The molecule has 56 valence electrons. The summed E-state index contributed by atoms with van der Waals surface area (Å²) >= 11 is 0. The fourth-order valence-electron chi connectivity index (χ4n) is 0.703. The smallest absolute Gasteiger partial charge is 0.0577 e. The summed E-state index contributed by atoms with van der Waals surface area (Å²) < 4.78 is 0. The molecular weight excluding hydrogens is 128 g/mol. The zero-order chi connectivity index (χ0) is 6.85. The SMILES string of the molecule is Cc1cccc(N)c1N.O. The molecule has 0 radical (unpaired) electrons. The highest BCUT2D eigenvalue weighted by Gasteiger charge is 1.93. The lowest BCUT2D eigenvalue weighted by molar-refractivity contribution is 0.824. The summed E-state index contributed by atoms with van der Waals surface area (Å²) in [4.78, 5) is 0. The summed E-state index contributed by atoms with van der Waals surface area (Å²) in [6, 6.07) is 5.62. The van der Waals surface area contributed by atoms with E-state index in [1.807, 2.05) is 19.1 Å². The summed E-state index contributed by atoms with van der Waals surface area (Å²) in [5.74, 6) is 0. The molecule has 0 aliphatic carbocycles. The van der Waals surface area contributed by atoms with Gasteiger partial charge in [0.2, 0.25) is 0 Å². The van der Waals surface area contributed by atoms with E-state index in [-0.39, 0.29) is 5.48 Å². The summed E-state index contributed by atoms with van der Waals surface area (Å²) in [5, 5.41) is 0. The van der Waals surface area contributed by atoms with Crippen molar-refractivity contribution < 1.29 is 5.48 Å². The third-order valence-electron chi connectivity index (χ3n) is 1.36. The molecule has 0 atom stereocenters. The van der Waals surface area contributed by atoms with Gasteiger partial charge in [-0.1, -0.05) is 12.1 Å². The van der Waals surface area contributed by atoms with Crippen molar-refractivity contribution in [1.82, 2.24) is 0 Å². The third kappa shape index (κ3) is 1.39. The van der Waals surface area contributed by atoms with Gasteiger partial charge in [-0.05, 0) is 18.6 Å². The molecule has 0 bridgehead atoms. The van der Waals surface area contributed by atoms with E-state index in [0.717, 1.165) is 5.56 Å². The Hall–Kier alpha value is -1.22. The first-order chi connectivity index (χ1) is 4.22. The molecule has 1 rings (SSSR count). The van der Waals surface area contributed by atoms with E-state index in [0.29, 0.717) is 11.4 Å². The number of anilines is 2. The first-order valence-electron chi connectivity index (χ1n) is 2.82. The van der Waals surface area contributed by atoms with Gasteiger partial charge in [0.05, 0.1) is 11.4 Å². The predicted molar refractivity (Wildman–Crippen MR) is 43.6 cm³/mol. The maximum Gasteiger partial charge on any atom is 0.0577 e. The molecule has 0 aliphatic rings. The van der Waals surface area contributed by atoms with Crippen LogP contribution in [0.15, 0.2) is 18.2 Å². The molecule has 0 heterocycles. The van der Waals surface area contributed by atoms with Crippen molar-refractivity contribution in [2.75, 3.05) is 11.5 Å². The van der Waals surface area contributed by atoms with Gasteiger partial charge in [-0.2, -0.15) is 0 Å². The van der Waals surface area contributed by atoms with Gasteiger partial charge in [-0.25, -0.2) is 0 Å². The zero-order valence-electron chi connectivity index (χ0n) is 5.89. The Bertz CT molecular complexity index is 203. The lowest BCUT2D eigenvalue weighted by atomic mass is 10.2. The predicted octanol–water partition coefficient (Wildman–Crippen LogP) is 0.335. The quantitative estimate of drug-likeness (QED) is 0.509. The molecule has 0 saturated heterocycles. The molecule has 1 aromatic rings. The van der Waals surface area contributed by atoms with Crippen LogP contribution in [0.1, 0.15) is 5.56 Å².